The van der Waals surface area contributed by atoms with E-state index >= 15 is 0 Å². The summed E-state index contributed by atoms with van der Waals surface area (Å²) in [6, 6.07) is 5.03. The Bertz CT molecular complexity index is 889. The standard InChI is InChI=1S/C26H40O6Si/c1-25(2,3)33(7,8)32-23-18-10-9-11-22(27)26(18,4)15-14-20(23)31-24(28)17-12-13-19(29-5)21(16-17)30-6/h12-13,16,18,20,23H,9-11,14-15H2,1-8H3/t18-,20+,23-,26+/m1/s1. The molecule has 1 aromatic rings. The third-order valence-corrected chi connectivity index (χ3v) is 12.7. The van der Waals surface area contributed by atoms with Crippen LogP contribution < -0.4 is 9.47 Å². The molecular formula is C26H40O6Si. The van der Waals surface area contributed by atoms with Crippen LogP contribution in [0, 0.1) is 11.3 Å². The number of methoxy groups -OCH3 is 2. The number of rotatable bonds is 6. The Kier molecular flexibility index (Phi) is 7.35. The molecule has 0 bridgehead atoms. The minimum absolute atomic E-state index is 0.0113. The number of hydrogen-bond acceptors (Lipinski definition) is 6. The number of carbonyl (C=O) groups is 2. The van der Waals surface area contributed by atoms with Crippen LogP contribution in [0.3, 0.4) is 0 Å². The molecule has 2 aliphatic rings. The number of fused-ring (bicyclic) bond motifs is 1. The molecule has 6 nitrogen and oxygen atoms in total. The van der Waals surface area contributed by atoms with Gasteiger partial charge in [0.15, 0.2) is 19.8 Å². The number of hydrogen-bond donors (Lipinski definition) is 0. The predicted molar refractivity (Wildman–Crippen MR) is 131 cm³/mol. The molecule has 1 aromatic carbocycles. The second-order valence-electron chi connectivity index (χ2n) is 11.2. The molecule has 2 aliphatic carbocycles. The summed E-state index contributed by atoms with van der Waals surface area (Å²) < 4.78 is 23.7. The van der Waals surface area contributed by atoms with Crippen molar-refractivity contribution in [1.29, 1.82) is 0 Å². The van der Waals surface area contributed by atoms with Gasteiger partial charge in [0, 0.05) is 11.8 Å². The van der Waals surface area contributed by atoms with E-state index in [1.165, 1.54) is 7.11 Å². The van der Waals surface area contributed by atoms with Crippen LogP contribution in [-0.4, -0.2) is 46.5 Å². The van der Waals surface area contributed by atoms with Crippen molar-refractivity contribution in [2.45, 2.75) is 90.1 Å². The third-order valence-electron chi connectivity index (χ3n) is 8.20. The first-order valence-electron chi connectivity index (χ1n) is 12.0. The molecule has 0 spiro atoms. The molecule has 0 aliphatic heterocycles. The average Bonchev–Trinajstić information content (AvgIpc) is 2.75. The largest absolute Gasteiger partial charge is 0.493 e. The highest BCUT2D eigenvalue weighted by Crippen LogP contribution is 2.52. The fourth-order valence-corrected chi connectivity index (χ4v) is 6.33. The highest BCUT2D eigenvalue weighted by Gasteiger charge is 2.55. The molecular weight excluding hydrogens is 436 g/mol. The molecule has 0 N–H and O–H groups in total. The lowest BCUT2D eigenvalue weighted by Crippen LogP contribution is -2.59. The number of carbonyl (C=O) groups excluding carboxylic acids is 2. The first-order chi connectivity index (χ1) is 15.3. The minimum Gasteiger partial charge on any atom is -0.493 e. The second-order valence-corrected chi connectivity index (χ2v) is 16.0. The van der Waals surface area contributed by atoms with Gasteiger partial charge in [-0.15, -0.1) is 0 Å². The van der Waals surface area contributed by atoms with Crippen LogP contribution in [0.5, 0.6) is 11.5 Å². The van der Waals surface area contributed by atoms with Crippen molar-refractivity contribution < 1.29 is 28.2 Å². The van der Waals surface area contributed by atoms with Crippen LogP contribution in [0.25, 0.3) is 0 Å². The SMILES string of the molecule is COc1ccc(C(=O)O[C@H]2CC[C@]3(C)C(=O)CCC[C@@H]3[C@H]2O[Si](C)(C)C(C)(C)C)cc1OC. The van der Waals surface area contributed by atoms with E-state index in [1.54, 1.807) is 25.3 Å². The highest BCUT2D eigenvalue weighted by molar-refractivity contribution is 6.74. The zero-order valence-electron chi connectivity index (χ0n) is 21.4. The molecule has 7 heteroatoms. The van der Waals surface area contributed by atoms with Crippen molar-refractivity contribution in [3.63, 3.8) is 0 Å². The van der Waals surface area contributed by atoms with Gasteiger partial charge in [-0.25, -0.2) is 4.79 Å². The van der Waals surface area contributed by atoms with Gasteiger partial charge in [0.1, 0.15) is 11.9 Å². The van der Waals surface area contributed by atoms with Gasteiger partial charge in [-0.2, -0.15) is 0 Å². The van der Waals surface area contributed by atoms with Gasteiger partial charge in [0.2, 0.25) is 0 Å². The van der Waals surface area contributed by atoms with Gasteiger partial charge in [0.25, 0.3) is 0 Å². The molecule has 0 unspecified atom stereocenters. The van der Waals surface area contributed by atoms with Crippen molar-refractivity contribution in [2.24, 2.45) is 11.3 Å². The Morgan fingerprint density at radius 1 is 1.09 bits per heavy atom. The quantitative estimate of drug-likeness (QED) is 0.382. The summed E-state index contributed by atoms with van der Waals surface area (Å²) >= 11 is 0. The van der Waals surface area contributed by atoms with E-state index in [-0.39, 0.29) is 23.2 Å². The van der Waals surface area contributed by atoms with E-state index in [1.807, 2.05) is 0 Å². The summed E-state index contributed by atoms with van der Waals surface area (Å²) in [6.45, 7) is 13.1. The topological polar surface area (TPSA) is 71.1 Å². The van der Waals surface area contributed by atoms with Gasteiger partial charge < -0.3 is 18.6 Å². The maximum Gasteiger partial charge on any atom is 0.338 e. The lowest BCUT2D eigenvalue weighted by Gasteiger charge is -2.53. The molecule has 33 heavy (non-hydrogen) atoms. The highest BCUT2D eigenvalue weighted by atomic mass is 28.4. The summed E-state index contributed by atoms with van der Waals surface area (Å²) in [5, 5.41) is 0.0113. The Labute approximate surface area is 199 Å². The fourth-order valence-electron chi connectivity index (χ4n) is 4.98. The van der Waals surface area contributed by atoms with Crippen LogP contribution in [0.4, 0.5) is 0 Å². The Hall–Kier alpha value is -1.86. The Balaban J connectivity index is 1.90. The van der Waals surface area contributed by atoms with Crippen LogP contribution in [0.2, 0.25) is 18.1 Å². The monoisotopic (exact) mass is 476 g/mol. The number of benzene rings is 1. The molecule has 0 radical (unpaired) electrons. The maximum atomic E-state index is 13.2. The van der Waals surface area contributed by atoms with Crippen molar-refractivity contribution in [2.75, 3.05) is 14.2 Å². The zero-order valence-corrected chi connectivity index (χ0v) is 22.4. The molecule has 0 saturated heterocycles. The van der Waals surface area contributed by atoms with E-state index in [2.05, 4.69) is 40.8 Å². The molecule has 184 valence electrons. The summed E-state index contributed by atoms with van der Waals surface area (Å²) in [5.41, 5.74) is 0.00382. The summed E-state index contributed by atoms with van der Waals surface area (Å²) in [7, 11) is 0.936. The second kappa shape index (κ2) is 9.41. The molecule has 0 amide bonds. The van der Waals surface area contributed by atoms with Crippen LogP contribution in [0.1, 0.15) is 70.2 Å². The van der Waals surface area contributed by atoms with Crippen molar-refractivity contribution in [3.05, 3.63) is 23.8 Å². The fraction of sp³-hybridized carbons (Fsp3) is 0.692. The van der Waals surface area contributed by atoms with E-state index in [0.717, 1.165) is 19.3 Å². The minimum atomic E-state index is -2.16. The van der Waals surface area contributed by atoms with Crippen LogP contribution in [-0.2, 0) is 14.0 Å². The van der Waals surface area contributed by atoms with Crippen LogP contribution in [0.15, 0.2) is 18.2 Å². The first kappa shape index (κ1) is 25.8. The molecule has 4 atom stereocenters. The predicted octanol–water partition coefficient (Wildman–Crippen LogP) is 5.79. The molecule has 2 fully saturated rings. The van der Waals surface area contributed by atoms with E-state index in [4.69, 9.17) is 18.6 Å². The summed E-state index contributed by atoms with van der Waals surface area (Å²) in [5.74, 6) is 1.02. The van der Waals surface area contributed by atoms with E-state index in [9.17, 15) is 9.59 Å². The van der Waals surface area contributed by atoms with Gasteiger partial charge in [-0.3, -0.25) is 4.79 Å². The Morgan fingerprint density at radius 3 is 2.36 bits per heavy atom. The lowest BCUT2D eigenvalue weighted by molar-refractivity contribution is -0.151. The molecule has 0 heterocycles. The Morgan fingerprint density at radius 2 is 1.76 bits per heavy atom. The summed E-state index contributed by atoms with van der Waals surface area (Å²) in [6.07, 6.45) is 3.10. The third kappa shape index (κ3) is 4.99. The maximum absolute atomic E-state index is 13.2. The van der Waals surface area contributed by atoms with Crippen molar-refractivity contribution in [3.8, 4) is 11.5 Å². The molecule has 0 aromatic heterocycles. The lowest BCUT2D eigenvalue weighted by atomic mass is 9.58. The number of Topliss-reactive ketones (excluding diaryl/α,β-unsaturated/α-hetero) is 1. The van der Waals surface area contributed by atoms with E-state index in [0.29, 0.717) is 35.7 Å². The normalized spacial score (nSPS) is 28.1. The number of ether oxygens (including phenoxy) is 3. The van der Waals surface area contributed by atoms with Crippen LogP contribution >= 0.6 is 0 Å². The van der Waals surface area contributed by atoms with Gasteiger partial charge >= 0.3 is 5.97 Å². The number of esters is 1. The average molecular weight is 477 g/mol. The molecule has 2 saturated carbocycles. The van der Waals surface area contributed by atoms with Gasteiger partial charge in [-0.05, 0) is 67.9 Å². The van der Waals surface area contributed by atoms with E-state index < -0.39 is 19.7 Å². The first-order valence-corrected chi connectivity index (χ1v) is 14.9. The van der Waals surface area contributed by atoms with Crippen molar-refractivity contribution in [1.82, 2.24) is 0 Å². The van der Waals surface area contributed by atoms with Gasteiger partial charge in [-0.1, -0.05) is 27.7 Å². The van der Waals surface area contributed by atoms with Crippen molar-refractivity contribution >= 4 is 20.1 Å². The van der Waals surface area contributed by atoms with Gasteiger partial charge in [0.05, 0.1) is 25.9 Å². The smallest absolute Gasteiger partial charge is 0.338 e. The zero-order chi connectivity index (χ0) is 24.6. The number of ketones is 1. The molecule has 3 rings (SSSR count). The summed E-state index contributed by atoms with van der Waals surface area (Å²) in [4.78, 5) is 26.1.